The summed E-state index contributed by atoms with van der Waals surface area (Å²) in [5.41, 5.74) is 1.87. The van der Waals surface area contributed by atoms with Crippen molar-refractivity contribution in [2.24, 2.45) is 0 Å². The molecule has 1 saturated heterocycles. The Kier molecular flexibility index (Phi) is 4.78. The van der Waals surface area contributed by atoms with Crippen molar-refractivity contribution in [2.45, 2.75) is 58.0 Å². The smallest absolute Gasteiger partial charge is 0.257 e. The number of piperidine rings is 1. The third-order valence-electron chi connectivity index (χ3n) is 5.56. The maximum Gasteiger partial charge on any atom is 0.257 e. The maximum atomic E-state index is 10.5. The van der Waals surface area contributed by atoms with Crippen LogP contribution in [0.2, 0.25) is 0 Å². The molecule has 7 heteroatoms. The number of aromatic hydroxyl groups is 1. The Morgan fingerprint density at radius 1 is 1.00 bits per heavy atom. The van der Waals surface area contributed by atoms with Gasteiger partial charge in [0.1, 0.15) is 5.75 Å². The molecule has 0 spiro atoms. The van der Waals surface area contributed by atoms with Gasteiger partial charge in [0.05, 0.1) is 28.8 Å². The number of phenolic OH excluding ortho intramolecular Hbond substituents is 1. The third kappa shape index (κ3) is 3.82. The molecule has 4 rings (SSSR count). The number of hydrogen-bond donors (Lipinski definition) is 1. The Balaban J connectivity index is 1.55. The summed E-state index contributed by atoms with van der Waals surface area (Å²) in [6.07, 6.45) is 8.52. The lowest BCUT2D eigenvalue weighted by molar-refractivity contribution is -0.219. The van der Waals surface area contributed by atoms with E-state index in [1.807, 2.05) is 34.0 Å². The van der Waals surface area contributed by atoms with Crippen LogP contribution in [-0.4, -0.2) is 41.0 Å². The van der Waals surface area contributed by atoms with Crippen molar-refractivity contribution in [1.82, 2.24) is 24.8 Å². The zero-order chi connectivity index (χ0) is 20.6. The molecule has 7 nitrogen and oxygen atoms in total. The molecule has 0 unspecified atom stereocenters. The van der Waals surface area contributed by atoms with E-state index in [-0.39, 0.29) is 16.8 Å². The van der Waals surface area contributed by atoms with Gasteiger partial charge < -0.3 is 14.5 Å². The monoisotopic (exact) mass is 393 g/mol. The van der Waals surface area contributed by atoms with Crippen LogP contribution in [0.15, 0.2) is 49.1 Å². The Morgan fingerprint density at radius 2 is 1.76 bits per heavy atom. The van der Waals surface area contributed by atoms with Crippen molar-refractivity contribution >= 4 is 0 Å². The molecule has 1 aliphatic heterocycles. The van der Waals surface area contributed by atoms with E-state index in [9.17, 15) is 5.11 Å². The summed E-state index contributed by atoms with van der Waals surface area (Å²) in [5, 5.41) is 21.1. The van der Waals surface area contributed by atoms with E-state index >= 15 is 0 Å². The summed E-state index contributed by atoms with van der Waals surface area (Å²) in [7, 11) is 0. The summed E-state index contributed by atoms with van der Waals surface area (Å²) in [5.74, 6) is 0.587. The molecule has 1 N–H and O–H groups in total. The molecule has 3 aromatic rings. The fourth-order valence-electron chi connectivity index (χ4n) is 4.14. The third-order valence-corrected chi connectivity index (χ3v) is 5.56. The van der Waals surface area contributed by atoms with Gasteiger partial charge in [0.2, 0.25) is 0 Å². The number of hydroxylamine groups is 2. The Morgan fingerprint density at radius 3 is 2.34 bits per heavy atom. The van der Waals surface area contributed by atoms with E-state index < -0.39 is 0 Å². The van der Waals surface area contributed by atoms with Crippen LogP contribution < -0.4 is 4.84 Å². The fraction of sp³-hybridized carbons (Fsp3) is 0.409. The van der Waals surface area contributed by atoms with E-state index in [1.165, 1.54) is 6.42 Å². The van der Waals surface area contributed by atoms with Gasteiger partial charge in [0, 0.05) is 30.1 Å². The van der Waals surface area contributed by atoms with Crippen molar-refractivity contribution < 1.29 is 9.94 Å². The standard InChI is InChI=1S/C22H27N5O2/c1-21(2)10-5-11-22(3,4)27(21)29-20-9-8-18(24-25-20)17-7-6-16(14-19(17)28)26-13-12-23-15-26/h6-9,12-15,28H,5,10-11H2,1-4H3. The molecule has 0 radical (unpaired) electrons. The number of aromatic nitrogens is 4. The Bertz CT molecular complexity index is 965. The minimum atomic E-state index is -0.0798. The topological polar surface area (TPSA) is 76.3 Å². The minimum absolute atomic E-state index is 0.0798. The van der Waals surface area contributed by atoms with Crippen LogP contribution in [0.25, 0.3) is 16.9 Å². The van der Waals surface area contributed by atoms with Gasteiger partial charge in [-0.2, -0.15) is 0 Å². The van der Waals surface area contributed by atoms with Crippen LogP contribution in [0.4, 0.5) is 0 Å². The van der Waals surface area contributed by atoms with Gasteiger partial charge in [-0.3, -0.25) is 0 Å². The lowest BCUT2D eigenvalue weighted by atomic mass is 9.82. The van der Waals surface area contributed by atoms with Crippen molar-refractivity contribution in [3.8, 4) is 28.6 Å². The molecule has 1 aliphatic rings. The summed E-state index contributed by atoms with van der Waals surface area (Å²) in [6.45, 7) is 8.76. The molecular weight excluding hydrogens is 366 g/mol. The van der Waals surface area contributed by atoms with Gasteiger partial charge in [0.15, 0.2) is 0 Å². The van der Waals surface area contributed by atoms with Crippen molar-refractivity contribution in [1.29, 1.82) is 0 Å². The number of hydrogen-bond acceptors (Lipinski definition) is 6. The van der Waals surface area contributed by atoms with Crippen LogP contribution in [0, 0.1) is 0 Å². The number of nitrogens with zero attached hydrogens (tertiary/aromatic N) is 5. The minimum Gasteiger partial charge on any atom is -0.507 e. The molecule has 0 bridgehead atoms. The first kappa shape index (κ1) is 19.4. The van der Waals surface area contributed by atoms with E-state index in [4.69, 9.17) is 4.84 Å². The molecule has 29 heavy (non-hydrogen) atoms. The highest BCUT2D eigenvalue weighted by atomic mass is 16.7. The first-order valence-electron chi connectivity index (χ1n) is 9.90. The first-order chi connectivity index (χ1) is 13.8. The Labute approximate surface area is 170 Å². The van der Waals surface area contributed by atoms with E-state index in [2.05, 4.69) is 42.9 Å². The van der Waals surface area contributed by atoms with Crippen LogP contribution in [0.1, 0.15) is 47.0 Å². The largest absolute Gasteiger partial charge is 0.507 e. The summed E-state index contributed by atoms with van der Waals surface area (Å²) in [4.78, 5) is 10.2. The fourth-order valence-corrected chi connectivity index (χ4v) is 4.14. The summed E-state index contributed by atoms with van der Waals surface area (Å²) >= 11 is 0. The predicted octanol–water partition coefficient (Wildman–Crippen LogP) is 4.37. The van der Waals surface area contributed by atoms with Crippen molar-refractivity contribution in [2.75, 3.05) is 0 Å². The number of imidazole rings is 1. The number of benzene rings is 1. The highest BCUT2D eigenvalue weighted by molar-refractivity contribution is 5.68. The maximum absolute atomic E-state index is 10.5. The van der Waals surface area contributed by atoms with Crippen molar-refractivity contribution in [3.63, 3.8) is 0 Å². The van der Waals surface area contributed by atoms with Gasteiger partial charge in [0.25, 0.3) is 5.88 Å². The normalized spacial score (nSPS) is 18.5. The van der Waals surface area contributed by atoms with Crippen LogP contribution in [0.3, 0.4) is 0 Å². The van der Waals surface area contributed by atoms with E-state index in [0.717, 1.165) is 18.5 Å². The molecule has 0 saturated carbocycles. The summed E-state index contributed by atoms with van der Waals surface area (Å²) in [6, 6.07) is 9.03. The SMILES string of the molecule is CC1(C)CCCC(C)(C)N1Oc1ccc(-c2ccc(-n3ccnc3)cc2O)nn1. The second kappa shape index (κ2) is 7.15. The zero-order valence-electron chi connectivity index (χ0n) is 17.3. The molecule has 0 aliphatic carbocycles. The second-order valence-corrected chi connectivity index (χ2v) is 8.79. The zero-order valence-corrected chi connectivity index (χ0v) is 17.3. The molecule has 0 atom stereocenters. The first-order valence-corrected chi connectivity index (χ1v) is 9.90. The molecule has 152 valence electrons. The average Bonchev–Trinajstić information content (AvgIpc) is 3.20. The van der Waals surface area contributed by atoms with Gasteiger partial charge in [-0.1, -0.05) is 0 Å². The number of rotatable bonds is 4. The molecule has 1 aromatic carbocycles. The van der Waals surface area contributed by atoms with Gasteiger partial charge >= 0.3 is 0 Å². The van der Waals surface area contributed by atoms with Crippen LogP contribution in [-0.2, 0) is 0 Å². The average molecular weight is 393 g/mol. The van der Waals surface area contributed by atoms with Crippen LogP contribution in [0.5, 0.6) is 11.6 Å². The lowest BCUT2D eigenvalue weighted by Gasteiger charge is -2.50. The highest BCUT2D eigenvalue weighted by Crippen LogP contribution is 2.38. The number of phenols is 1. The van der Waals surface area contributed by atoms with Crippen LogP contribution >= 0.6 is 0 Å². The highest BCUT2D eigenvalue weighted by Gasteiger charge is 2.43. The van der Waals surface area contributed by atoms with Crippen molar-refractivity contribution in [3.05, 3.63) is 49.1 Å². The molecule has 0 amide bonds. The summed E-state index contributed by atoms with van der Waals surface area (Å²) < 4.78 is 1.83. The Hall–Kier alpha value is -2.93. The van der Waals surface area contributed by atoms with Gasteiger partial charge in [-0.05, 0) is 65.2 Å². The molecule has 3 heterocycles. The van der Waals surface area contributed by atoms with E-state index in [1.54, 1.807) is 24.7 Å². The molecular formula is C22H27N5O2. The quantitative estimate of drug-likeness (QED) is 0.709. The molecule has 1 fully saturated rings. The molecule has 2 aromatic heterocycles. The van der Waals surface area contributed by atoms with Gasteiger partial charge in [-0.15, -0.1) is 15.3 Å². The predicted molar refractivity (Wildman–Crippen MR) is 111 cm³/mol. The van der Waals surface area contributed by atoms with E-state index in [0.29, 0.717) is 17.1 Å². The second-order valence-electron chi connectivity index (χ2n) is 8.79. The van der Waals surface area contributed by atoms with Gasteiger partial charge in [-0.25, -0.2) is 4.98 Å². The lowest BCUT2D eigenvalue weighted by Crippen LogP contribution is -2.60.